The van der Waals surface area contributed by atoms with Gasteiger partial charge in [0.15, 0.2) is 33.7 Å². The first-order valence-corrected chi connectivity index (χ1v) is 25.6. The number of nitrogens with zero attached hydrogens (tertiary/aromatic N) is 1. The normalized spacial score (nSPS) is 23.8. The van der Waals surface area contributed by atoms with E-state index >= 15 is 0 Å². The molecule has 2 aliphatic rings. The van der Waals surface area contributed by atoms with Crippen molar-refractivity contribution in [2.75, 3.05) is 0 Å². The highest BCUT2D eigenvalue weighted by atomic mass is 32.2. The van der Waals surface area contributed by atoms with Gasteiger partial charge in [-0.2, -0.15) is 21.6 Å². The van der Waals surface area contributed by atoms with Crippen LogP contribution >= 0.6 is 0 Å². The Kier molecular flexibility index (Phi) is 10.2. The van der Waals surface area contributed by atoms with Gasteiger partial charge in [-0.3, -0.25) is 14.4 Å². The SMILES string of the molecule is CC(C)(C)[Si](C)(C)OC1=C(OS(=O)(=O)C(F)(F)F)[C@]2(CC(=O)N2OCc2ccccc2)[C@H](O[Si](C)(C)C)[C@H](O[Si](C)(C)C)C1=O. The monoisotopic (exact) mass is 711 g/mol. The van der Waals surface area contributed by atoms with Gasteiger partial charge in [-0.05, 0) is 63.0 Å². The lowest BCUT2D eigenvalue weighted by Crippen LogP contribution is -2.77. The van der Waals surface area contributed by atoms with Gasteiger partial charge in [-0.1, -0.05) is 51.1 Å². The molecule has 10 nitrogen and oxygen atoms in total. The lowest BCUT2D eigenvalue weighted by Gasteiger charge is -2.58. The molecule has 0 bridgehead atoms. The Bertz CT molecular complexity index is 1430. The lowest BCUT2D eigenvalue weighted by atomic mass is 9.72. The number of Topliss-reactive ketones (excluding diaryl/α,β-unsaturated/α-hetero) is 1. The predicted molar refractivity (Wildman–Crippen MR) is 168 cm³/mol. The maximum atomic E-state index is 14.4. The van der Waals surface area contributed by atoms with Gasteiger partial charge in [-0.25, -0.2) is 5.06 Å². The van der Waals surface area contributed by atoms with Crippen LogP contribution in [0.5, 0.6) is 0 Å². The summed E-state index contributed by atoms with van der Waals surface area (Å²) in [5, 5.41) is 0.190. The standard InChI is InChI=1S/C28H44F3NO9SSi3/c1-26(2,3)45(10,11)40-22-21(34)23(39-43(4,5)6)25(41-44(7,8)9)27(24(22)38-42(35,36)28(29,30)31)17-20(33)32(27)37-18-19-15-13-12-14-16-19/h12-16,23,25H,17-18H2,1-11H3/t23-,25-,27-/m1/s1. The second-order valence-electron chi connectivity index (χ2n) is 14.7. The minimum absolute atomic E-state index is 0.209. The van der Waals surface area contributed by atoms with Crippen LogP contribution < -0.4 is 0 Å². The van der Waals surface area contributed by atoms with Crippen LogP contribution in [0, 0.1) is 0 Å². The van der Waals surface area contributed by atoms with Gasteiger partial charge in [-0.15, -0.1) is 0 Å². The molecule has 0 N–H and O–H groups in total. The van der Waals surface area contributed by atoms with E-state index in [9.17, 15) is 31.2 Å². The number of hydrogen-bond donors (Lipinski definition) is 0. The van der Waals surface area contributed by atoms with E-state index in [1.54, 1.807) is 63.1 Å². The zero-order valence-corrected chi connectivity index (χ0v) is 31.4. The van der Waals surface area contributed by atoms with E-state index < -0.39 is 93.0 Å². The number of benzene rings is 1. The topological polar surface area (TPSA) is 118 Å². The van der Waals surface area contributed by atoms with Crippen LogP contribution in [-0.2, 0) is 48.6 Å². The molecule has 1 aliphatic heterocycles. The molecule has 1 aromatic rings. The van der Waals surface area contributed by atoms with Crippen LogP contribution in [0.15, 0.2) is 41.9 Å². The number of β-lactam (4-membered cyclic amide) rings is 1. The van der Waals surface area contributed by atoms with Gasteiger partial charge in [0.05, 0.1) is 6.42 Å². The smallest absolute Gasteiger partial charge is 0.534 e. The zero-order chi connectivity index (χ0) is 34.6. The molecule has 3 atom stereocenters. The minimum atomic E-state index is -6.36. The van der Waals surface area contributed by atoms with Crippen LogP contribution in [0.25, 0.3) is 0 Å². The molecule has 1 aliphatic carbocycles. The van der Waals surface area contributed by atoms with Crippen LogP contribution in [0.3, 0.4) is 0 Å². The van der Waals surface area contributed by atoms with E-state index in [-0.39, 0.29) is 6.61 Å². The fourth-order valence-corrected chi connectivity index (χ4v) is 8.17. The molecule has 0 unspecified atom stereocenters. The van der Waals surface area contributed by atoms with Crippen molar-refractivity contribution in [3.8, 4) is 0 Å². The first-order chi connectivity index (χ1) is 20.1. The summed E-state index contributed by atoms with van der Waals surface area (Å²) in [6.07, 6.45) is -3.55. The van der Waals surface area contributed by atoms with Gasteiger partial charge in [0.25, 0.3) is 8.32 Å². The molecule has 1 spiro atoms. The highest BCUT2D eigenvalue weighted by molar-refractivity contribution is 7.87. The van der Waals surface area contributed by atoms with Crippen molar-refractivity contribution >= 4 is 46.8 Å². The number of ketones is 1. The number of alkyl halides is 3. The van der Waals surface area contributed by atoms with Gasteiger partial charge in [0.1, 0.15) is 18.8 Å². The Morgan fingerprint density at radius 1 is 0.911 bits per heavy atom. The fraction of sp³-hybridized carbons (Fsp3) is 0.643. The summed E-state index contributed by atoms with van der Waals surface area (Å²) >= 11 is 0. The number of carbonyl (C=O) groups is 2. The average molecular weight is 712 g/mol. The van der Waals surface area contributed by atoms with E-state index in [1.807, 2.05) is 40.4 Å². The third kappa shape index (κ3) is 7.93. The number of amides is 1. The van der Waals surface area contributed by atoms with Gasteiger partial charge < -0.3 is 17.5 Å². The lowest BCUT2D eigenvalue weighted by molar-refractivity contribution is -0.282. The Hall–Kier alpha value is -2.03. The van der Waals surface area contributed by atoms with Crippen molar-refractivity contribution in [1.82, 2.24) is 5.06 Å². The molecule has 0 radical (unpaired) electrons. The average Bonchev–Trinajstić information content (AvgIpc) is 2.83. The van der Waals surface area contributed by atoms with Crippen molar-refractivity contribution in [2.45, 2.75) is 114 Å². The van der Waals surface area contributed by atoms with Crippen LogP contribution in [0.1, 0.15) is 32.8 Å². The molecule has 0 saturated carbocycles. The van der Waals surface area contributed by atoms with Crippen molar-refractivity contribution in [3.63, 3.8) is 0 Å². The second kappa shape index (κ2) is 12.2. The number of halogens is 3. The summed E-state index contributed by atoms with van der Waals surface area (Å²) in [7, 11) is -14.8. The molecule has 0 aromatic heterocycles. The number of hydroxylamine groups is 2. The maximum Gasteiger partial charge on any atom is 0.534 e. The van der Waals surface area contributed by atoms with Crippen LogP contribution in [0.4, 0.5) is 13.2 Å². The molecule has 3 rings (SSSR count). The summed E-state index contributed by atoms with van der Waals surface area (Å²) in [6, 6.07) is 8.65. The molecule has 45 heavy (non-hydrogen) atoms. The number of rotatable bonds is 11. The Morgan fingerprint density at radius 3 is 1.89 bits per heavy atom. The van der Waals surface area contributed by atoms with Crippen molar-refractivity contribution in [1.29, 1.82) is 0 Å². The fourth-order valence-electron chi connectivity index (χ4n) is 4.56. The Labute approximate surface area is 266 Å². The van der Waals surface area contributed by atoms with Crippen molar-refractivity contribution < 1.29 is 53.5 Å². The van der Waals surface area contributed by atoms with Gasteiger partial charge >= 0.3 is 15.6 Å². The molecular formula is C28H44F3NO9SSi3. The predicted octanol–water partition coefficient (Wildman–Crippen LogP) is 6.21. The highest BCUT2D eigenvalue weighted by Gasteiger charge is 2.71. The molecule has 1 aromatic carbocycles. The molecule has 1 saturated heterocycles. The third-order valence-corrected chi connectivity index (χ3v) is 14.8. The first kappa shape index (κ1) is 37.4. The zero-order valence-electron chi connectivity index (χ0n) is 27.6. The van der Waals surface area contributed by atoms with Crippen molar-refractivity contribution in [2.24, 2.45) is 0 Å². The summed E-state index contributed by atoms with van der Waals surface area (Å²) in [5.41, 5.74) is -7.40. The molecule has 1 heterocycles. The van der Waals surface area contributed by atoms with Crippen molar-refractivity contribution in [3.05, 3.63) is 47.4 Å². The molecule has 1 fully saturated rings. The summed E-state index contributed by atoms with van der Waals surface area (Å²) in [4.78, 5) is 33.7. The summed E-state index contributed by atoms with van der Waals surface area (Å²) in [6.45, 7) is 19.6. The Morgan fingerprint density at radius 2 is 1.44 bits per heavy atom. The minimum Gasteiger partial charge on any atom is -0.539 e. The number of hydrogen-bond acceptors (Lipinski definition) is 9. The number of carbonyl (C=O) groups excluding carboxylic acids is 2. The largest absolute Gasteiger partial charge is 0.539 e. The van der Waals surface area contributed by atoms with E-state index in [2.05, 4.69) is 0 Å². The van der Waals surface area contributed by atoms with E-state index in [0.717, 1.165) is 5.06 Å². The molecule has 1 amide bonds. The van der Waals surface area contributed by atoms with E-state index in [0.29, 0.717) is 5.56 Å². The second-order valence-corrected chi connectivity index (χ2v) is 29.9. The maximum absolute atomic E-state index is 14.4. The van der Waals surface area contributed by atoms with Gasteiger partial charge in [0, 0.05) is 0 Å². The summed E-state index contributed by atoms with van der Waals surface area (Å²) < 4.78 is 91.2. The molecule has 17 heteroatoms. The Balaban J connectivity index is 2.42. The highest BCUT2D eigenvalue weighted by Crippen LogP contribution is 2.53. The van der Waals surface area contributed by atoms with Gasteiger partial charge in [0.2, 0.25) is 11.7 Å². The van der Waals surface area contributed by atoms with E-state index in [1.165, 1.54) is 0 Å². The van der Waals surface area contributed by atoms with Crippen LogP contribution in [-0.4, -0.2) is 73.4 Å². The van der Waals surface area contributed by atoms with E-state index in [4.69, 9.17) is 22.3 Å². The van der Waals surface area contributed by atoms with Crippen LogP contribution in [0.2, 0.25) is 57.4 Å². The third-order valence-electron chi connectivity index (χ3n) is 7.64. The summed E-state index contributed by atoms with van der Waals surface area (Å²) in [5.74, 6) is -3.35. The quantitative estimate of drug-likeness (QED) is 0.114. The molecule has 254 valence electrons. The molecular weight excluding hydrogens is 668 g/mol. The first-order valence-electron chi connectivity index (χ1n) is 14.5.